The summed E-state index contributed by atoms with van der Waals surface area (Å²) in [6.07, 6.45) is -4.99. The number of alkyl halides is 3. The van der Waals surface area contributed by atoms with E-state index in [-0.39, 0.29) is 24.5 Å². The van der Waals surface area contributed by atoms with E-state index in [1.807, 2.05) is 0 Å². The maximum Gasteiger partial charge on any atom is 0.435 e. The molecule has 0 radical (unpaired) electrons. The summed E-state index contributed by atoms with van der Waals surface area (Å²) in [5, 5.41) is 11.5. The van der Waals surface area contributed by atoms with E-state index >= 15 is 0 Å². The van der Waals surface area contributed by atoms with Crippen LogP contribution in [0.1, 0.15) is 21.7 Å². The van der Waals surface area contributed by atoms with Gasteiger partial charge in [0.15, 0.2) is 11.4 Å². The van der Waals surface area contributed by atoms with Gasteiger partial charge in [0, 0.05) is 5.69 Å². The summed E-state index contributed by atoms with van der Waals surface area (Å²) in [5.74, 6) is -2.26. The van der Waals surface area contributed by atoms with Crippen molar-refractivity contribution in [2.75, 3.05) is 11.9 Å². The molecule has 9 nitrogen and oxygen atoms in total. The number of nitrogens with one attached hydrogen (secondary N) is 2. The van der Waals surface area contributed by atoms with Crippen molar-refractivity contribution >= 4 is 23.5 Å². The Morgan fingerprint density at radius 2 is 1.85 bits per heavy atom. The van der Waals surface area contributed by atoms with E-state index in [4.69, 9.17) is 0 Å². The Bertz CT molecular complexity index is 1220. The van der Waals surface area contributed by atoms with Gasteiger partial charge < -0.3 is 10.6 Å². The summed E-state index contributed by atoms with van der Waals surface area (Å²) in [4.78, 5) is 37.0. The third-order valence-corrected chi connectivity index (χ3v) is 4.69. The summed E-state index contributed by atoms with van der Waals surface area (Å²) in [7, 11) is 0. The van der Waals surface area contributed by atoms with Gasteiger partial charge in [-0.1, -0.05) is 17.3 Å². The van der Waals surface area contributed by atoms with Gasteiger partial charge in [-0.25, -0.2) is 13.9 Å². The van der Waals surface area contributed by atoms with E-state index in [2.05, 4.69) is 20.9 Å². The molecule has 1 fully saturated rings. The fourth-order valence-electron chi connectivity index (χ4n) is 3.19. The standard InChI is InChI=1S/C20H14F4N6O3/c21-12-4-6-14(7-5-12)30-17(20(22,23)24)16(27-28-30)18(32)26-13-3-1-2-11(8-13)10-29-15(31)9-25-19(29)33/h1-8H,9-10H2,(H,25,33)(H,26,32). The third kappa shape index (κ3) is 4.51. The maximum atomic E-state index is 13.7. The van der Waals surface area contributed by atoms with Gasteiger partial charge in [0.1, 0.15) is 5.82 Å². The molecule has 1 saturated heterocycles. The molecule has 0 spiro atoms. The average molecular weight is 462 g/mol. The lowest BCUT2D eigenvalue weighted by Gasteiger charge is -2.14. The fraction of sp³-hybridized carbons (Fsp3) is 0.150. The molecule has 4 amide bonds. The van der Waals surface area contributed by atoms with Gasteiger partial charge in [0.25, 0.3) is 5.91 Å². The van der Waals surface area contributed by atoms with Crippen LogP contribution in [0.5, 0.6) is 0 Å². The molecule has 1 aromatic heterocycles. The SMILES string of the molecule is O=C(Nc1cccc(CN2C(=O)CNC2=O)c1)c1nnn(-c2ccc(F)cc2)c1C(F)(F)F. The highest BCUT2D eigenvalue weighted by molar-refractivity contribution is 6.04. The van der Waals surface area contributed by atoms with Gasteiger partial charge in [-0.3, -0.25) is 14.5 Å². The summed E-state index contributed by atoms with van der Waals surface area (Å²) < 4.78 is 54.8. The molecule has 0 atom stereocenters. The number of hydrogen-bond donors (Lipinski definition) is 2. The number of imide groups is 1. The molecule has 1 aliphatic heterocycles. The smallest absolute Gasteiger partial charge is 0.329 e. The third-order valence-electron chi connectivity index (χ3n) is 4.69. The Labute approximate surface area is 183 Å². The molecule has 0 bridgehead atoms. The van der Waals surface area contributed by atoms with Gasteiger partial charge in [-0.15, -0.1) is 5.10 Å². The number of carbonyl (C=O) groups is 3. The van der Waals surface area contributed by atoms with Crippen molar-refractivity contribution in [1.82, 2.24) is 25.2 Å². The topological polar surface area (TPSA) is 109 Å². The van der Waals surface area contributed by atoms with E-state index in [0.717, 1.165) is 29.2 Å². The second-order valence-corrected chi connectivity index (χ2v) is 6.97. The molecule has 0 unspecified atom stereocenters. The largest absolute Gasteiger partial charge is 0.435 e. The highest BCUT2D eigenvalue weighted by Gasteiger charge is 2.42. The Hall–Kier alpha value is -4.29. The van der Waals surface area contributed by atoms with E-state index in [0.29, 0.717) is 10.2 Å². The molecule has 13 heteroatoms. The zero-order valence-corrected chi connectivity index (χ0v) is 16.6. The lowest BCUT2D eigenvalue weighted by Crippen LogP contribution is -2.30. The lowest BCUT2D eigenvalue weighted by atomic mass is 10.2. The first-order valence-electron chi connectivity index (χ1n) is 9.41. The van der Waals surface area contributed by atoms with Crippen LogP contribution >= 0.6 is 0 Å². The number of aromatic nitrogens is 3. The molecule has 2 N–H and O–H groups in total. The normalized spacial score (nSPS) is 13.9. The highest BCUT2D eigenvalue weighted by Crippen LogP contribution is 2.33. The lowest BCUT2D eigenvalue weighted by molar-refractivity contribution is -0.143. The zero-order chi connectivity index (χ0) is 23.8. The van der Waals surface area contributed by atoms with Crippen molar-refractivity contribution in [2.24, 2.45) is 0 Å². The van der Waals surface area contributed by atoms with Crippen LogP contribution in [-0.4, -0.2) is 44.3 Å². The van der Waals surface area contributed by atoms with Gasteiger partial charge in [-0.2, -0.15) is 13.2 Å². The van der Waals surface area contributed by atoms with Gasteiger partial charge >= 0.3 is 12.2 Å². The summed E-state index contributed by atoms with van der Waals surface area (Å²) in [5.41, 5.74) is -1.96. The first-order chi connectivity index (χ1) is 15.6. The molecule has 1 aliphatic rings. The van der Waals surface area contributed by atoms with Crippen molar-refractivity contribution < 1.29 is 31.9 Å². The van der Waals surface area contributed by atoms with Crippen LogP contribution in [0, 0.1) is 5.82 Å². The molecular weight excluding hydrogens is 448 g/mol. The van der Waals surface area contributed by atoms with Crippen LogP contribution < -0.4 is 10.6 Å². The predicted molar refractivity (Wildman–Crippen MR) is 105 cm³/mol. The van der Waals surface area contributed by atoms with Crippen molar-refractivity contribution in [1.29, 1.82) is 0 Å². The number of rotatable bonds is 5. The van der Waals surface area contributed by atoms with Crippen molar-refractivity contribution in [2.45, 2.75) is 12.7 Å². The average Bonchev–Trinajstić information content (AvgIpc) is 3.34. The molecule has 2 heterocycles. The minimum absolute atomic E-state index is 0.0804. The molecule has 33 heavy (non-hydrogen) atoms. The van der Waals surface area contributed by atoms with Crippen molar-refractivity contribution in [3.8, 4) is 5.69 Å². The predicted octanol–water partition coefficient (Wildman–Crippen LogP) is 2.73. The summed E-state index contributed by atoms with van der Waals surface area (Å²) in [6.45, 7) is -0.206. The summed E-state index contributed by atoms with van der Waals surface area (Å²) >= 11 is 0. The second kappa shape index (κ2) is 8.33. The van der Waals surface area contributed by atoms with E-state index in [9.17, 15) is 31.9 Å². The molecular formula is C20H14F4N6O3. The Morgan fingerprint density at radius 3 is 2.48 bits per heavy atom. The van der Waals surface area contributed by atoms with Gasteiger partial charge in [0.05, 0.1) is 18.8 Å². The van der Waals surface area contributed by atoms with Crippen molar-refractivity contribution in [3.63, 3.8) is 0 Å². The number of benzene rings is 2. The molecule has 4 rings (SSSR count). The fourth-order valence-corrected chi connectivity index (χ4v) is 3.19. The summed E-state index contributed by atoms with van der Waals surface area (Å²) in [6, 6.07) is 9.40. The Balaban J connectivity index is 1.60. The van der Waals surface area contributed by atoms with Crippen LogP contribution in [0.2, 0.25) is 0 Å². The van der Waals surface area contributed by atoms with Crippen LogP contribution in [0.25, 0.3) is 5.69 Å². The van der Waals surface area contributed by atoms with Gasteiger partial charge in [0.2, 0.25) is 5.91 Å². The minimum Gasteiger partial charge on any atom is -0.329 e. The molecule has 0 saturated carbocycles. The maximum absolute atomic E-state index is 13.7. The molecule has 3 aromatic rings. The van der Waals surface area contributed by atoms with E-state index in [1.165, 1.54) is 18.2 Å². The molecule has 170 valence electrons. The number of carbonyl (C=O) groups excluding carboxylic acids is 3. The van der Waals surface area contributed by atoms with E-state index < -0.39 is 41.2 Å². The number of hydrogen-bond acceptors (Lipinski definition) is 5. The second-order valence-electron chi connectivity index (χ2n) is 6.97. The highest BCUT2D eigenvalue weighted by atomic mass is 19.4. The molecule has 0 aliphatic carbocycles. The van der Waals surface area contributed by atoms with Gasteiger partial charge in [-0.05, 0) is 42.0 Å². The molecule has 2 aromatic carbocycles. The first-order valence-corrected chi connectivity index (χ1v) is 9.41. The zero-order valence-electron chi connectivity index (χ0n) is 16.6. The Kier molecular flexibility index (Phi) is 5.54. The Morgan fingerprint density at radius 1 is 1.12 bits per heavy atom. The van der Waals surface area contributed by atoms with Crippen LogP contribution in [-0.2, 0) is 17.5 Å². The number of nitrogens with zero attached hydrogens (tertiary/aromatic N) is 4. The first kappa shape index (κ1) is 21.9. The number of anilines is 1. The van der Waals surface area contributed by atoms with Crippen LogP contribution in [0.15, 0.2) is 48.5 Å². The van der Waals surface area contributed by atoms with Crippen LogP contribution in [0.3, 0.4) is 0 Å². The van der Waals surface area contributed by atoms with Crippen LogP contribution in [0.4, 0.5) is 28.0 Å². The minimum atomic E-state index is -4.99. The number of amides is 4. The number of urea groups is 1. The monoisotopic (exact) mass is 462 g/mol. The van der Waals surface area contributed by atoms with E-state index in [1.54, 1.807) is 6.07 Å². The quantitative estimate of drug-likeness (QED) is 0.448. The number of halogens is 4. The van der Waals surface area contributed by atoms with Crippen molar-refractivity contribution in [3.05, 3.63) is 71.3 Å².